The number of benzene rings is 2. The molecular weight excluding hydrogens is 400 g/mol. The number of ether oxygens (including phenoxy) is 1. The van der Waals surface area contributed by atoms with Crippen LogP contribution in [0.25, 0.3) is 0 Å². The lowest BCUT2D eigenvalue weighted by molar-refractivity contribution is -0.134. The van der Waals surface area contributed by atoms with Crippen LogP contribution in [0.1, 0.15) is 18.4 Å². The molecule has 0 unspecified atom stereocenters. The van der Waals surface area contributed by atoms with Crippen LogP contribution in [0.5, 0.6) is 5.75 Å². The first-order chi connectivity index (χ1) is 13.3. The lowest BCUT2D eigenvalue weighted by Crippen LogP contribution is -2.47. The van der Waals surface area contributed by atoms with Gasteiger partial charge in [-0.05, 0) is 61.7 Å². The van der Waals surface area contributed by atoms with Crippen LogP contribution in [0.3, 0.4) is 0 Å². The molecule has 0 aliphatic carbocycles. The molecule has 6 nitrogen and oxygen atoms in total. The molecule has 1 fully saturated rings. The Morgan fingerprint density at radius 2 is 1.86 bits per heavy atom. The summed E-state index contributed by atoms with van der Waals surface area (Å²) in [4.78, 5) is 14.2. The number of hydrogen-bond donors (Lipinski definition) is 1. The van der Waals surface area contributed by atoms with Crippen LogP contribution in [0.4, 0.5) is 0 Å². The van der Waals surface area contributed by atoms with Crippen LogP contribution in [0, 0.1) is 6.92 Å². The van der Waals surface area contributed by atoms with Crippen molar-refractivity contribution in [3.63, 3.8) is 0 Å². The average molecular weight is 423 g/mol. The molecule has 28 heavy (non-hydrogen) atoms. The first kappa shape index (κ1) is 20.6. The lowest BCUT2D eigenvalue weighted by Gasteiger charge is -2.32. The molecule has 0 aromatic heterocycles. The van der Waals surface area contributed by atoms with Gasteiger partial charge in [-0.2, -0.15) is 0 Å². The van der Waals surface area contributed by atoms with E-state index in [1.54, 1.807) is 17.0 Å². The minimum atomic E-state index is -3.60. The second-order valence-electron chi connectivity index (χ2n) is 6.84. The van der Waals surface area contributed by atoms with Crippen LogP contribution in [-0.2, 0) is 14.8 Å². The monoisotopic (exact) mass is 422 g/mol. The first-order valence-corrected chi connectivity index (χ1v) is 10.9. The highest BCUT2D eigenvalue weighted by molar-refractivity contribution is 7.89. The van der Waals surface area contributed by atoms with E-state index < -0.39 is 10.0 Å². The topological polar surface area (TPSA) is 75.7 Å². The quantitative estimate of drug-likeness (QED) is 0.776. The molecule has 1 aliphatic rings. The highest BCUT2D eigenvalue weighted by atomic mass is 35.5. The van der Waals surface area contributed by atoms with Crippen molar-refractivity contribution in [3.05, 3.63) is 59.1 Å². The van der Waals surface area contributed by atoms with Crippen molar-refractivity contribution in [3.8, 4) is 5.75 Å². The van der Waals surface area contributed by atoms with Gasteiger partial charge in [0.1, 0.15) is 5.75 Å². The molecule has 1 amide bonds. The number of likely N-dealkylation sites (tertiary alicyclic amines) is 1. The maximum absolute atomic E-state index is 12.5. The summed E-state index contributed by atoms with van der Waals surface area (Å²) in [6, 6.07) is 13.4. The normalized spacial score (nSPS) is 15.4. The molecule has 0 atom stereocenters. The number of hydrogen-bond acceptors (Lipinski definition) is 4. The molecule has 2 aromatic carbocycles. The highest BCUT2D eigenvalue weighted by Crippen LogP contribution is 2.18. The van der Waals surface area contributed by atoms with E-state index in [1.165, 1.54) is 12.1 Å². The number of piperidine rings is 1. The van der Waals surface area contributed by atoms with Gasteiger partial charge in [0.25, 0.3) is 5.91 Å². The number of nitrogens with zero attached hydrogens (tertiary/aromatic N) is 1. The number of halogens is 1. The van der Waals surface area contributed by atoms with Crippen molar-refractivity contribution in [1.82, 2.24) is 9.62 Å². The molecule has 0 bridgehead atoms. The van der Waals surface area contributed by atoms with Gasteiger partial charge in [-0.25, -0.2) is 13.1 Å². The van der Waals surface area contributed by atoms with Gasteiger partial charge in [0.2, 0.25) is 10.0 Å². The molecule has 1 heterocycles. The van der Waals surface area contributed by atoms with E-state index in [4.69, 9.17) is 16.3 Å². The minimum Gasteiger partial charge on any atom is -0.484 e. The number of nitrogens with one attached hydrogen (secondary N) is 1. The maximum Gasteiger partial charge on any atom is 0.260 e. The third-order valence-corrected chi connectivity index (χ3v) is 6.43. The number of aryl methyl sites for hydroxylation is 1. The van der Waals surface area contributed by atoms with E-state index in [-0.39, 0.29) is 23.5 Å². The van der Waals surface area contributed by atoms with Gasteiger partial charge in [-0.1, -0.05) is 23.7 Å². The Morgan fingerprint density at radius 1 is 1.18 bits per heavy atom. The second-order valence-corrected chi connectivity index (χ2v) is 8.99. The molecule has 1 N–H and O–H groups in total. The summed E-state index contributed by atoms with van der Waals surface area (Å²) in [7, 11) is -3.60. The summed E-state index contributed by atoms with van der Waals surface area (Å²) in [5.74, 6) is 0.569. The average Bonchev–Trinajstić information content (AvgIpc) is 2.67. The number of carbonyl (C=O) groups is 1. The lowest BCUT2D eigenvalue weighted by atomic mass is 10.1. The first-order valence-electron chi connectivity index (χ1n) is 9.09. The molecule has 0 saturated carbocycles. The van der Waals surface area contributed by atoms with E-state index in [0.717, 1.165) is 5.56 Å². The Hall–Kier alpha value is -2.09. The maximum atomic E-state index is 12.5. The molecule has 1 aliphatic heterocycles. The van der Waals surface area contributed by atoms with E-state index >= 15 is 0 Å². The van der Waals surface area contributed by atoms with Gasteiger partial charge in [-0.15, -0.1) is 0 Å². The smallest absolute Gasteiger partial charge is 0.260 e. The fraction of sp³-hybridized carbons (Fsp3) is 0.350. The minimum absolute atomic E-state index is 0.0232. The predicted octanol–water partition coefficient (Wildman–Crippen LogP) is 3.00. The van der Waals surface area contributed by atoms with Crippen LogP contribution in [-0.4, -0.2) is 45.0 Å². The van der Waals surface area contributed by atoms with Crippen molar-refractivity contribution in [1.29, 1.82) is 0 Å². The van der Waals surface area contributed by atoms with Gasteiger partial charge in [0.05, 0.1) is 4.90 Å². The molecule has 150 valence electrons. The van der Waals surface area contributed by atoms with Crippen molar-refractivity contribution in [2.24, 2.45) is 0 Å². The van der Waals surface area contributed by atoms with Gasteiger partial charge >= 0.3 is 0 Å². The van der Waals surface area contributed by atoms with Crippen molar-refractivity contribution in [2.75, 3.05) is 19.7 Å². The summed E-state index contributed by atoms with van der Waals surface area (Å²) in [5, 5.41) is 0.485. The molecule has 1 saturated heterocycles. The molecular formula is C20H23ClN2O4S. The number of carbonyl (C=O) groups excluding carboxylic acids is 1. The van der Waals surface area contributed by atoms with Gasteiger partial charge in [-0.3, -0.25) is 4.79 Å². The summed E-state index contributed by atoms with van der Waals surface area (Å²) >= 11 is 5.81. The standard InChI is InChI=1S/C20H23ClN2O4S/c1-15-3-2-4-18(13-15)27-14-20(24)23-11-9-17(10-12-23)22-28(25,26)19-7-5-16(21)6-8-19/h2-8,13,17,22H,9-12,14H2,1H3. The number of sulfonamides is 1. The zero-order valence-corrected chi connectivity index (χ0v) is 17.2. The second kappa shape index (κ2) is 8.94. The SMILES string of the molecule is Cc1cccc(OCC(=O)N2CCC(NS(=O)(=O)c3ccc(Cl)cc3)CC2)c1. The Balaban J connectivity index is 1.48. The molecule has 0 radical (unpaired) electrons. The Morgan fingerprint density at radius 3 is 2.50 bits per heavy atom. The molecule has 3 rings (SSSR count). The van der Waals surface area contributed by atoms with Gasteiger partial charge in [0, 0.05) is 24.2 Å². The largest absolute Gasteiger partial charge is 0.484 e. The third-order valence-electron chi connectivity index (χ3n) is 4.65. The van der Waals surface area contributed by atoms with Crippen LogP contribution >= 0.6 is 11.6 Å². The van der Waals surface area contributed by atoms with E-state index in [9.17, 15) is 13.2 Å². The predicted molar refractivity (Wildman–Crippen MR) is 108 cm³/mol. The number of rotatable bonds is 6. The Labute approximate surface area is 170 Å². The molecule has 0 spiro atoms. The van der Waals surface area contributed by atoms with Crippen LogP contribution < -0.4 is 9.46 Å². The van der Waals surface area contributed by atoms with Gasteiger partial charge < -0.3 is 9.64 Å². The van der Waals surface area contributed by atoms with E-state index in [1.807, 2.05) is 31.2 Å². The van der Waals surface area contributed by atoms with Crippen molar-refractivity contribution < 1.29 is 17.9 Å². The van der Waals surface area contributed by atoms with Crippen LogP contribution in [0.2, 0.25) is 5.02 Å². The van der Waals surface area contributed by atoms with Crippen molar-refractivity contribution >= 4 is 27.5 Å². The van der Waals surface area contributed by atoms with Gasteiger partial charge in [0.15, 0.2) is 6.61 Å². The zero-order valence-electron chi connectivity index (χ0n) is 15.6. The van der Waals surface area contributed by atoms with E-state index in [0.29, 0.717) is 36.7 Å². The highest BCUT2D eigenvalue weighted by Gasteiger charge is 2.26. The third kappa shape index (κ3) is 5.47. The molecule has 8 heteroatoms. The molecule has 2 aromatic rings. The summed E-state index contributed by atoms with van der Waals surface area (Å²) in [5.41, 5.74) is 1.07. The number of amides is 1. The summed E-state index contributed by atoms with van der Waals surface area (Å²) in [6.07, 6.45) is 1.12. The summed E-state index contributed by atoms with van der Waals surface area (Å²) in [6.45, 7) is 2.92. The van der Waals surface area contributed by atoms with Crippen molar-refractivity contribution in [2.45, 2.75) is 30.7 Å². The Bertz CT molecular complexity index is 923. The van der Waals surface area contributed by atoms with Crippen LogP contribution in [0.15, 0.2) is 53.4 Å². The zero-order chi connectivity index (χ0) is 20.1. The Kier molecular flexibility index (Phi) is 6.59. The fourth-order valence-corrected chi connectivity index (χ4v) is 4.52. The fourth-order valence-electron chi connectivity index (χ4n) is 3.09. The summed E-state index contributed by atoms with van der Waals surface area (Å²) < 4.78 is 33.2. The van der Waals surface area contributed by atoms with E-state index in [2.05, 4.69) is 4.72 Å².